The van der Waals surface area contributed by atoms with Gasteiger partial charge in [-0.3, -0.25) is 4.79 Å². The van der Waals surface area contributed by atoms with Crippen molar-refractivity contribution in [1.82, 2.24) is 9.55 Å². The predicted molar refractivity (Wildman–Crippen MR) is 67.8 cm³/mol. The van der Waals surface area contributed by atoms with E-state index in [1.54, 1.807) is 17.0 Å². The van der Waals surface area contributed by atoms with Crippen molar-refractivity contribution in [3.8, 4) is 0 Å². The first kappa shape index (κ1) is 13.0. The third kappa shape index (κ3) is 3.54. The largest absolute Gasteiger partial charge is 0.365 e. The minimum atomic E-state index is -3.44. The molecule has 1 heterocycles. The Labute approximate surface area is 105 Å². The Kier molecular flexibility index (Phi) is 3.67. The summed E-state index contributed by atoms with van der Waals surface area (Å²) < 4.78 is 23.1. The Balaban J connectivity index is 1.93. The number of hydrogen-bond donors (Lipinski definition) is 2. The molecule has 1 saturated carbocycles. The Hall–Kier alpha value is -1.41. The SMILES string of the molecule is NS(=O)(=O)CCCNc1nccn(C2CC2)c1=O. The van der Waals surface area contributed by atoms with Crippen LogP contribution in [0.5, 0.6) is 0 Å². The smallest absolute Gasteiger partial charge is 0.293 e. The van der Waals surface area contributed by atoms with E-state index >= 15 is 0 Å². The lowest BCUT2D eigenvalue weighted by Crippen LogP contribution is -2.25. The van der Waals surface area contributed by atoms with Crippen LogP contribution in [0.1, 0.15) is 25.3 Å². The van der Waals surface area contributed by atoms with Gasteiger partial charge in [-0.1, -0.05) is 0 Å². The van der Waals surface area contributed by atoms with E-state index in [0.29, 0.717) is 19.0 Å². The van der Waals surface area contributed by atoms with Gasteiger partial charge in [0, 0.05) is 25.0 Å². The zero-order chi connectivity index (χ0) is 13.2. The van der Waals surface area contributed by atoms with Crippen molar-refractivity contribution in [3.05, 3.63) is 22.7 Å². The van der Waals surface area contributed by atoms with Gasteiger partial charge in [-0.2, -0.15) is 0 Å². The maximum atomic E-state index is 11.9. The Morgan fingerprint density at radius 1 is 1.50 bits per heavy atom. The molecule has 0 amide bonds. The van der Waals surface area contributed by atoms with Crippen molar-refractivity contribution >= 4 is 15.8 Å². The average Bonchev–Trinajstić information content (AvgIpc) is 3.09. The molecule has 7 nitrogen and oxygen atoms in total. The fourth-order valence-corrected chi connectivity index (χ4v) is 2.21. The molecular weight excluding hydrogens is 256 g/mol. The summed E-state index contributed by atoms with van der Waals surface area (Å²) in [5, 5.41) is 7.72. The van der Waals surface area contributed by atoms with E-state index in [1.807, 2.05) is 0 Å². The van der Waals surface area contributed by atoms with Crippen LogP contribution in [0.2, 0.25) is 0 Å². The molecule has 0 aromatic carbocycles. The lowest BCUT2D eigenvalue weighted by molar-refractivity contribution is 0.595. The van der Waals surface area contributed by atoms with Gasteiger partial charge in [-0.15, -0.1) is 0 Å². The average molecular weight is 272 g/mol. The molecule has 0 unspecified atom stereocenters. The van der Waals surface area contributed by atoms with Gasteiger partial charge in [0.2, 0.25) is 10.0 Å². The van der Waals surface area contributed by atoms with Crippen LogP contribution in [-0.4, -0.2) is 30.3 Å². The number of primary sulfonamides is 1. The van der Waals surface area contributed by atoms with Crippen LogP contribution in [0.15, 0.2) is 17.2 Å². The Morgan fingerprint density at radius 2 is 2.22 bits per heavy atom. The zero-order valence-electron chi connectivity index (χ0n) is 9.87. The minimum Gasteiger partial charge on any atom is -0.365 e. The van der Waals surface area contributed by atoms with Crippen molar-refractivity contribution < 1.29 is 8.42 Å². The van der Waals surface area contributed by atoms with Crippen LogP contribution < -0.4 is 16.0 Å². The summed E-state index contributed by atoms with van der Waals surface area (Å²) in [5.41, 5.74) is -0.157. The fourth-order valence-electron chi connectivity index (χ4n) is 1.67. The van der Waals surface area contributed by atoms with Crippen molar-refractivity contribution in [1.29, 1.82) is 0 Å². The van der Waals surface area contributed by atoms with Crippen LogP contribution in [0.3, 0.4) is 0 Å². The van der Waals surface area contributed by atoms with Crippen LogP contribution >= 0.6 is 0 Å². The monoisotopic (exact) mass is 272 g/mol. The number of anilines is 1. The second-order valence-corrected chi connectivity index (χ2v) is 6.10. The summed E-state index contributed by atoms with van der Waals surface area (Å²) in [6.07, 6.45) is 5.64. The zero-order valence-corrected chi connectivity index (χ0v) is 10.7. The first-order chi connectivity index (χ1) is 8.47. The Morgan fingerprint density at radius 3 is 2.83 bits per heavy atom. The van der Waals surface area contributed by atoms with E-state index in [4.69, 9.17) is 5.14 Å². The molecule has 2 rings (SSSR count). The van der Waals surface area contributed by atoms with Crippen molar-refractivity contribution in [3.63, 3.8) is 0 Å². The lowest BCUT2D eigenvalue weighted by atomic mass is 10.4. The van der Waals surface area contributed by atoms with Gasteiger partial charge >= 0.3 is 0 Å². The molecule has 0 spiro atoms. The molecule has 1 aliphatic carbocycles. The van der Waals surface area contributed by atoms with Crippen LogP contribution in [0.25, 0.3) is 0 Å². The number of nitrogens with zero attached hydrogens (tertiary/aromatic N) is 2. The molecule has 1 aliphatic rings. The van der Waals surface area contributed by atoms with E-state index in [9.17, 15) is 13.2 Å². The minimum absolute atomic E-state index is 0.107. The number of hydrogen-bond acceptors (Lipinski definition) is 5. The Bertz CT molecular complexity index is 577. The summed E-state index contributed by atoms with van der Waals surface area (Å²) in [4.78, 5) is 15.9. The first-order valence-electron chi connectivity index (χ1n) is 5.79. The highest BCUT2D eigenvalue weighted by Gasteiger charge is 2.25. The summed E-state index contributed by atoms with van der Waals surface area (Å²) in [5.74, 6) is 0.155. The molecule has 1 fully saturated rings. The number of nitrogens with one attached hydrogen (secondary N) is 1. The van der Waals surface area contributed by atoms with Gasteiger partial charge in [-0.25, -0.2) is 18.5 Å². The second kappa shape index (κ2) is 5.07. The molecule has 100 valence electrons. The standard InChI is InChI=1S/C10H16N4O3S/c11-18(16,17)7-1-4-12-9-10(15)14(6-5-13-9)8-2-3-8/h5-6,8H,1-4,7H2,(H,12,13)(H2,11,16,17). The third-order valence-electron chi connectivity index (χ3n) is 2.71. The molecule has 0 radical (unpaired) electrons. The number of nitrogens with two attached hydrogens (primary N) is 1. The third-order valence-corrected chi connectivity index (χ3v) is 3.56. The molecule has 3 N–H and O–H groups in total. The van der Waals surface area contributed by atoms with Crippen molar-refractivity contribution in [2.24, 2.45) is 5.14 Å². The van der Waals surface area contributed by atoms with Gasteiger partial charge in [0.25, 0.3) is 5.56 Å². The molecule has 1 aromatic rings. The van der Waals surface area contributed by atoms with Gasteiger partial charge in [-0.05, 0) is 19.3 Å². The normalized spacial score (nSPS) is 15.6. The van der Waals surface area contributed by atoms with Gasteiger partial charge in [0.1, 0.15) is 0 Å². The molecule has 0 atom stereocenters. The van der Waals surface area contributed by atoms with Crippen LogP contribution in [-0.2, 0) is 10.0 Å². The molecule has 0 saturated heterocycles. The van der Waals surface area contributed by atoms with E-state index < -0.39 is 10.0 Å². The van der Waals surface area contributed by atoms with E-state index in [2.05, 4.69) is 10.3 Å². The summed E-state index contributed by atoms with van der Waals surface area (Å²) in [6.45, 7) is 0.355. The highest BCUT2D eigenvalue weighted by molar-refractivity contribution is 7.89. The van der Waals surface area contributed by atoms with Gasteiger partial charge in [0.15, 0.2) is 5.82 Å². The number of sulfonamides is 1. The molecule has 1 aromatic heterocycles. The maximum Gasteiger partial charge on any atom is 0.293 e. The van der Waals surface area contributed by atoms with Gasteiger partial charge < -0.3 is 9.88 Å². The number of rotatable bonds is 6. The molecule has 8 heteroatoms. The summed E-state index contributed by atoms with van der Waals surface area (Å²) >= 11 is 0. The summed E-state index contributed by atoms with van der Waals surface area (Å²) in [6, 6.07) is 0.297. The van der Waals surface area contributed by atoms with Gasteiger partial charge in [0.05, 0.1) is 5.75 Å². The molecule has 0 aliphatic heterocycles. The predicted octanol–water partition coefficient (Wildman–Crippen LogP) is -0.331. The fraction of sp³-hybridized carbons (Fsp3) is 0.600. The first-order valence-corrected chi connectivity index (χ1v) is 7.50. The van der Waals surface area contributed by atoms with Crippen LogP contribution in [0, 0.1) is 0 Å². The van der Waals surface area contributed by atoms with Crippen LogP contribution in [0.4, 0.5) is 5.82 Å². The van der Waals surface area contributed by atoms with Crippen molar-refractivity contribution in [2.75, 3.05) is 17.6 Å². The molecule has 0 bridgehead atoms. The maximum absolute atomic E-state index is 11.9. The summed E-state index contributed by atoms with van der Waals surface area (Å²) in [7, 11) is -3.44. The molecule has 18 heavy (non-hydrogen) atoms. The van der Waals surface area contributed by atoms with Crippen molar-refractivity contribution in [2.45, 2.75) is 25.3 Å². The van der Waals surface area contributed by atoms with E-state index in [-0.39, 0.29) is 17.1 Å². The topological polar surface area (TPSA) is 107 Å². The highest BCUT2D eigenvalue weighted by Crippen LogP contribution is 2.33. The van der Waals surface area contributed by atoms with E-state index in [0.717, 1.165) is 12.8 Å². The molecular formula is C10H16N4O3S. The number of aromatic nitrogens is 2. The second-order valence-electron chi connectivity index (χ2n) is 4.37. The van der Waals surface area contributed by atoms with E-state index in [1.165, 1.54) is 0 Å². The lowest BCUT2D eigenvalue weighted by Gasteiger charge is -2.07. The highest BCUT2D eigenvalue weighted by atomic mass is 32.2. The quantitative estimate of drug-likeness (QED) is 0.689.